The van der Waals surface area contributed by atoms with E-state index in [1.165, 1.54) is 0 Å². The second-order valence-corrected chi connectivity index (χ2v) is 8.37. The Labute approximate surface area is 165 Å². The predicted molar refractivity (Wildman–Crippen MR) is 104 cm³/mol. The SMILES string of the molecule is CC1(C)OB(c2cnc(NC3CCN(C(=O)[C@H](O)CO)CC3)nc2)OC1(C)C. The summed E-state index contributed by atoms with van der Waals surface area (Å²) in [6.45, 7) is 8.47. The molecule has 1 aromatic rings. The summed E-state index contributed by atoms with van der Waals surface area (Å²) >= 11 is 0. The van der Waals surface area contributed by atoms with Crippen LogP contribution in [0.1, 0.15) is 40.5 Å². The normalized spacial score (nSPS) is 22.9. The van der Waals surface area contributed by atoms with E-state index in [0.717, 1.165) is 5.46 Å². The number of nitrogens with one attached hydrogen (secondary N) is 1. The highest BCUT2D eigenvalue weighted by atomic mass is 16.7. The molecule has 28 heavy (non-hydrogen) atoms. The Morgan fingerprint density at radius 1 is 1.25 bits per heavy atom. The van der Waals surface area contributed by atoms with Gasteiger partial charge in [0.2, 0.25) is 5.95 Å². The number of aromatic nitrogens is 2. The largest absolute Gasteiger partial charge is 0.498 e. The van der Waals surface area contributed by atoms with Crippen molar-refractivity contribution in [3.63, 3.8) is 0 Å². The van der Waals surface area contributed by atoms with Crippen LogP contribution in [0.15, 0.2) is 12.4 Å². The van der Waals surface area contributed by atoms with E-state index in [1.807, 2.05) is 27.7 Å². The number of carbonyl (C=O) groups is 1. The quantitative estimate of drug-likeness (QED) is 0.576. The highest BCUT2D eigenvalue weighted by Crippen LogP contribution is 2.36. The molecule has 154 valence electrons. The van der Waals surface area contributed by atoms with Crippen LogP contribution in [0, 0.1) is 0 Å². The van der Waals surface area contributed by atoms with Crippen LogP contribution in [-0.4, -0.2) is 81.2 Å². The molecule has 0 unspecified atom stereocenters. The highest BCUT2D eigenvalue weighted by Gasteiger charge is 2.52. The van der Waals surface area contributed by atoms with Crippen molar-refractivity contribution < 1.29 is 24.3 Å². The Hall–Kier alpha value is -1.75. The first kappa shape index (κ1) is 21.0. The molecule has 2 fully saturated rings. The van der Waals surface area contributed by atoms with Gasteiger partial charge in [0.25, 0.3) is 5.91 Å². The van der Waals surface area contributed by atoms with Gasteiger partial charge in [-0.25, -0.2) is 9.97 Å². The standard InChI is InChI=1S/C18H29BN4O5/c1-17(2)18(3,4)28-19(27-17)12-9-20-16(21-10-12)22-13-5-7-23(8-6-13)15(26)14(25)11-24/h9-10,13-14,24-25H,5-8,11H2,1-4H3,(H,20,21,22)/t14-/m1/s1. The molecule has 9 nitrogen and oxygen atoms in total. The fourth-order valence-corrected chi connectivity index (χ4v) is 3.23. The Morgan fingerprint density at radius 2 is 1.79 bits per heavy atom. The topological polar surface area (TPSA) is 117 Å². The summed E-state index contributed by atoms with van der Waals surface area (Å²) in [4.78, 5) is 22.2. The number of hydrogen-bond donors (Lipinski definition) is 3. The molecule has 3 rings (SSSR count). The van der Waals surface area contributed by atoms with Gasteiger partial charge in [0, 0.05) is 37.0 Å². The molecule has 0 spiro atoms. The number of carbonyl (C=O) groups excluding carboxylic acids is 1. The summed E-state index contributed by atoms with van der Waals surface area (Å²) in [6, 6.07) is 0.137. The van der Waals surface area contributed by atoms with Gasteiger partial charge in [0.05, 0.1) is 17.8 Å². The number of likely N-dealkylation sites (tertiary alicyclic amines) is 1. The van der Waals surface area contributed by atoms with Gasteiger partial charge in [-0.3, -0.25) is 4.79 Å². The molecule has 3 N–H and O–H groups in total. The van der Waals surface area contributed by atoms with Gasteiger partial charge in [0.1, 0.15) is 0 Å². The fraction of sp³-hybridized carbons (Fsp3) is 0.722. The molecule has 0 aliphatic carbocycles. The van der Waals surface area contributed by atoms with E-state index in [1.54, 1.807) is 17.3 Å². The van der Waals surface area contributed by atoms with E-state index in [4.69, 9.17) is 14.4 Å². The maximum Gasteiger partial charge on any atom is 0.498 e. The molecule has 1 atom stereocenters. The molecule has 0 radical (unpaired) electrons. The van der Waals surface area contributed by atoms with Crippen LogP contribution in [0.3, 0.4) is 0 Å². The first-order chi connectivity index (χ1) is 13.1. The predicted octanol–water partition coefficient (Wildman–Crippen LogP) is -0.468. The van der Waals surface area contributed by atoms with Crippen LogP contribution >= 0.6 is 0 Å². The maximum absolute atomic E-state index is 11.9. The molecule has 0 aromatic carbocycles. The summed E-state index contributed by atoms with van der Waals surface area (Å²) in [5, 5.41) is 21.6. The zero-order valence-corrected chi connectivity index (χ0v) is 16.9. The smallest absolute Gasteiger partial charge is 0.399 e. The minimum atomic E-state index is -1.34. The van der Waals surface area contributed by atoms with E-state index in [9.17, 15) is 9.90 Å². The number of aliphatic hydroxyl groups is 2. The maximum atomic E-state index is 11.9. The first-order valence-electron chi connectivity index (χ1n) is 9.65. The van der Waals surface area contributed by atoms with Crippen molar-refractivity contribution in [2.24, 2.45) is 0 Å². The summed E-state index contributed by atoms with van der Waals surface area (Å²) in [6.07, 6.45) is 3.50. The second kappa shape index (κ2) is 7.94. The average molecular weight is 392 g/mol. The lowest BCUT2D eigenvalue weighted by molar-refractivity contribution is -0.143. The van der Waals surface area contributed by atoms with Gasteiger partial charge in [0.15, 0.2) is 6.10 Å². The van der Waals surface area contributed by atoms with Gasteiger partial charge < -0.3 is 29.7 Å². The third-order valence-corrected chi connectivity index (χ3v) is 5.80. The molecule has 0 saturated carbocycles. The molecule has 3 heterocycles. The highest BCUT2D eigenvalue weighted by molar-refractivity contribution is 6.61. The number of aliphatic hydroxyl groups excluding tert-OH is 2. The van der Waals surface area contributed by atoms with E-state index in [-0.39, 0.29) is 6.04 Å². The zero-order chi connectivity index (χ0) is 20.5. The average Bonchev–Trinajstić information content (AvgIpc) is 2.89. The third-order valence-electron chi connectivity index (χ3n) is 5.80. The van der Waals surface area contributed by atoms with Gasteiger partial charge in [-0.2, -0.15) is 0 Å². The number of amides is 1. The lowest BCUT2D eigenvalue weighted by Crippen LogP contribution is -2.47. The molecule has 1 aromatic heterocycles. The Morgan fingerprint density at radius 3 is 2.29 bits per heavy atom. The summed E-state index contributed by atoms with van der Waals surface area (Å²) < 4.78 is 12.0. The number of rotatable bonds is 5. The zero-order valence-electron chi connectivity index (χ0n) is 16.9. The first-order valence-corrected chi connectivity index (χ1v) is 9.65. The van der Waals surface area contributed by atoms with Crippen molar-refractivity contribution in [3.8, 4) is 0 Å². The van der Waals surface area contributed by atoms with Crippen molar-refractivity contribution in [1.29, 1.82) is 0 Å². The van der Waals surface area contributed by atoms with E-state index in [0.29, 0.717) is 31.9 Å². The molecule has 10 heteroatoms. The summed E-state index contributed by atoms with van der Waals surface area (Å²) in [5.74, 6) is 0.0874. The number of hydrogen-bond acceptors (Lipinski definition) is 8. The molecule has 2 saturated heterocycles. The molecule has 2 aliphatic rings. The van der Waals surface area contributed by atoms with Gasteiger partial charge in [-0.15, -0.1) is 0 Å². The summed E-state index contributed by atoms with van der Waals surface area (Å²) in [7, 11) is -0.494. The minimum Gasteiger partial charge on any atom is -0.399 e. The van der Waals surface area contributed by atoms with Crippen molar-refractivity contribution in [2.45, 2.75) is 63.9 Å². The van der Waals surface area contributed by atoms with Crippen LogP contribution in [0.2, 0.25) is 0 Å². The molecule has 1 amide bonds. The Kier molecular flexibility index (Phi) is 5.95. The number of piperidine rings is 1. The third kappa shape index (κ3) is 4.30. The van der Waals surface area contributed by atoms with Crippen molar-refractivity contribution in [1.82, 2.24) is 14.9 Å². The van der Waals surface area contributed by atoms with E-state index >= 15 is 0 Å². The summed E-state index contributed by atoms with van der Waals surface area (Å²) in [5.41, 5.74) is -0.0599. The number of anilines is 1. The fourth-order valence-electron chi connectivity index (χ4n) is 3.23. The van der Waals surface area contributed by atoms with Crippen molar-refractivity contribution >= 4 is 24.4 Å². The number of nitrogens with zero attached hydrogens (tertiary/aromatic N) is 3. The monoisotopic (exact) mass is 392 g/mol. The van der Waals surface area contributed by atoms with Crippen molar-refractivity contribution in [3.05, 3.63) is 12.4 Å². The van der Waals surface area contributed by atoms with Crippen LogP contribution in [0.25, 0.3) is 0 Å². The van der Waals surface area contributed by atoms with Crippen LogP contribution in [0.5, 0.6) is 0 Å². The van der Waals surface area contributed by atoms with Gasteiger partial charge >= 0.3 is 7.12 Å². The Balaban J connectivity index is 1.53. The molecule has 2 aliphatic heterocycles. The van der Waals surface area contributed by atoms with E-state index in [2.05, 4.69) is 15.3 Å². The molecular formula is C18H29BN4O5. The molecule has 0 bridgehead atoms. The second-order valence-electron chi connectivity index (χ2n) is 8.37. The van der Waals surface area contributed by atoms with Gasteiger partial charge in [-0.05, 0) is 40.5 Å². The lowest BCUT2D eigenvalue weighted by Gasteiger charge is -2.33. The Bertz CT molecular complexity index is 676. The molecular weight excluding hydrogens is 363 g/mol. The van der Waals surface area contributed by atoms with Crippen LogP contribution < -0.4 is 10.8 Å². The van der Waals surface area contributed by atoms with Gasteiger partial charge in [-0.1, -0.05) is 0 Å². The van der Waals surface area contributed by atoms with Crippen LogP contribution in [0.4, 0.5) is 5.95 Å². The minimum absolute atomic E-state index is 0.137. The lowest BCUT2D eigenvalue weighted by atomic mass is 9.81. The van der Waals surface area contributed by atoms with E-state index < -0.39 is 36.9 Å². The van der Waals surface area contributed by atoms with Crippen LogP contribution in [-0.2, 0) is 14.1 Å². The van der Waals surface area contributed by atoms with Crippen molar-refractivity contribution in [2.75, 3.05) is 25.0 Å².